The normalized spacial score (nSPS) is 29.7. The largest absolute Gasteiger partial charge is 0.409 e. The van der Waals surface area contributed by atoms with Gasteiger partial charge in [0.2, 0.25) is 0 Å². The Bertz CT molecular complexity index is 342. The Morgan fingerprint density at radius 1 is 0.957 bits per heavy atom. The average molecular weight is 363 g/mol. The maximum absolute atomic E-state index is 11.5. The first-order valence-electron chi connectivity index (χ1n) is 9.50. The molecule has 1 heterocycles. The third kappa shape index (κ3) is 3.77. The van der Waals surface area contributed by atoms with Crippen LogP contribution in [-0.2, 0) is 9.16 Å². The van der Waals surface area contributed by atoms with E-state index in [-0.39, 0.29) is 12.7 Å². The number of hydrogen-bond acceptors (Lipinski definition) is 4. The molecular formula is C17H38O4Si2. The van der Waals surface area contributed by atoms with E-state index in [0.29, 0.717) is 6.61 Å². The lowest BCUT2D eigenvalue weighted by molar-refractivity contribution is -0.170. The van der Waals surface area contributed by atoms with Gasteiger partial charge in [0, 0.05) is 0 Å². The van der Waals surface area contributed by atoms with Crippen LogP contribution in [0.1, 0.15) is 41.5 Å². The molecule has 1 rings (SSSR count). The van der Waals surface area contributed by atoms with Gasteiger partial charge < -0.3 is 19.4 Å². The molecular weight excluding hydrogens is 324 g/mol. The van der Waals surface area contributed by atoms with E-state index in [1.807, 2.05) is 0 Å². The monoisotopic (exact) mass is 362 g/mol. The van der Waals surface area contributed by atoms with Gasteiger partial charge in [0.25, 0.3) is 0 Å². The third-order valence-electron chi connectivity index (χ3n) is 6.73. The van der Waals surface area contributed by atoms with Gasteiger partial charge >= 0.3 is 0 Å². The highest BCUT2D eigenvalue weighted by Crippen LogP contribution is 2.39. The quantitative estimate of drug-likeness (QED) is 0.616. The number of rotatable bonds is 9. The second-order valence-electron chi connectivity index (χ2n) is 7.13. The molecule has 1 saturated heterocycles. The van der Waals surface area contributed by atoms with Crippen molar-refractivity contribution >= 4 is 16.4 Å². The molecule has 1 aliphatic heterocycles. The maximum Gasteiger partial charge on any atom is 0.192 e. The Morgan fingerprint density at radius 3 is 1.83 bits per heavy atom. The molecule has 23 heavy (non-hydrogen) atoms. The second kappa shape index (κ2) is 8.58. The summed E-state index contributed by atoms with van der Waals surface area (Å²) in [5.41, 5.74) is 0. The van der Waals surface area contributed by atoms with Gasteiger partial charge in [0.15, 0.2) is 8.32 Å². The van der Waals surface area contributed by atoms with Gasteiger partial charge in [-0.05, 0) is 18.1 Å². The van der Waals surface area contributed by atoms with Crippen molar-refractivity contribution in [1.82, 2.24) is 0 Å². The van der Waals surface area contributed by atoms with E-state index in [0.717, 1.165) is 36.3 Å². The van der Waals surface area contributed by atoms with E-state index in [1.54, 1.807) is 0 Å². The molecule has 4 nitrogen and oxygen atoms in total. The van der Waals surface area contributed by atoms with Crippen LogP contribution >= 0.6 is 0 Å². The Kier molecular flexibility index (Phi) is 7.95. The van der Waals surface area contributed by atoms with Crippen LogP contribution in [0.15, 0.2) is 0 Å². The summed E-state index contributed by atoms with van der Waals surface area (Å²) in [4.78, 5) is 0. The molecule has 0 spiro atoms. The Hall–Kier alpha value is 0.274. The van der Waals surface area contributed by atoms with Crippen LogP contribution < -0.4 is 0 Å². The predicted molar refractivity (Wildman–Crippen MR) is 101 cm³/mol. The summed E-state index contributed by atoms with van der Waals surface area (Å²) in [6.07, 6.45) is -1.20. The topological polar surface area (TPSA) is 58.9 Å². The first-order valence-corrected chi connectivity index (χ1v) is 14.6. The minimum absolute atomic E-state index is 0.259. The standard InChI is InChI=1S/C17H38O4Si2/c1-7-22(8-2,9-3)17(19)14-20-13-15(16(17)18)21-23(10-4,11-5)12-6/h15-16,18-19H,7-14H2,1-6H3/t15-,16+,17-/m0/s1. The van der Waals surface area contributed by atoms with E-state index in [1.165, 1.54) is 0 Å². The highest BCUT2D eigenvalue weighted by molar-refractivity contribution is 6.82. The molecule has 138 valence electrons. The van der Waals surface area contributed by atoms with Crippen LogP contribution in [0.2, 0.25) is 36.3 Å². The lowest BCUT2D eigenvalue weighted by Crippen LogP contribution is -2.72. The fourth-order valence-corrected chi connectivity index (χ4v) is 11.8. The van der Waals surface area contributed by atoms with Crippen LogP contribution in [0.25, 0.3) is 0 Å². The summed E-state index contributed by atoms with van der Waals surface area (Å²) in [6.45, 7) is 13.7. The highest BCUT2D eigenvalue weighted by Gasteiger charge is 2.58. The average Bonchev–Trinajstić information content (AvgIpc) is 2.59. The number of aliphatic hydroxyl groups excluding tert-OH is 1. The van der Waals surface area contributed by atoms with Crippen molar-refractivity contribution < 1.29 is 19.4 Å². The van der Waals surface area contributed by atoms with Crippen molar-refractivity contribution in [3.8, 4) is 0 Å². The minimum atomic E-state index is -2.04. The molecule has 0 saturated carbocycles. The number of aliphatic hydroxyl groups is 2. The van der Waals surface area contributed by atoms with E-state index in [4.69, 9.17) is 9.16 Å². The lowest BCUT2D eigenvalue weighted by atomic mass is 10.1. The summed E-state index contributed by atoms with van der Waals surface area (Å²) in [7, 11) is -3.87. The molecule has 0 aliphatic carbocycles. The molecule has 0 bridgehead atoms. The van der Waals surface area contributed by atoms with Crippen molar-refractivity contribution in [1.29, 1.82) is 0 Å². The molecule has 0 aromatic heterocycles. The molecule has 0 unspecified atom stereocenters. The SMILES string of the molecule is CC[Si](CC)(CC)O[C@H]1COC[C@](O)([Si](CC)(CC)CC)[C@@H]1O. The summed E-state index contributed by atoms with van der Waals surface area (Å²) in [5, 5.41) is 21.4. The fraction of sp³-hybridized carbons (Fsp3) is 1.00. The van der Waals surface area contributed by atoms with Crippen molar-refractivity contribution in [3.05, 3.63) is 0 Å². The van der Waals surface area contributed by atoms with Gasteiger partial charge in [-0.15, -0.1) is 0 Å². The van der Waals surface area contributed by atoms with E-state index < -0.39 is 27.7 Å². The Labute approximate surface area is 144 Å². The summed E-state index contributed by atoms with van der Waals surface area (Å²) in [6, 6.07) is 6.00. The molecule has 0 amide bonds. The summed E-state index contributed by atoms with van der Waals surface area (Å²) in [5.74, 6) is 0. The molecule has 6 heteroatoms. The smallest absolute Gasteiger partial charge is 0.192 e. The van der Waals surface area contributed by atoms with Gasteiger partial charge in [0.1, 0.15) is 11.3 Å². The highest BCUT2D eigenvalue weighted by atomic mass is 28.4. The first-order chi connectivity index (χ1) is 10.8. The van der Waals surface area contributed by atoms with E-state index in [9.17, 15) is 10.2 Å². The summed E-state index contributed by atoms with van der Waals surface area (Å²) < 4.78 is 12.3. The van der Waals surface area contributed by atoms with Crippen LogP contribution in [-0.4, -0.2) is 57.3 Å². The number of hydrogen-bond donors (Lipinski definition) is 2. The van der Waals surface area contributed by atoms with Gasteiger partial charge in [-0.1, -0.05) is 59.7 Å². The van der Waals surface area contributed by atoms with Gasteiger partial charge in [-0.25, -0.2) is 0 Å². The van der Waals surface area contributed by atoms with Gasteiger partial charge in [-0.3, -0.25) is 0 Å². The zero-order valence-electron chi connectivity index (χ0n) is 16.0. The van der Waals surface area contributed by atoms with Gasteiger partial charge in [-0.2, -0.15) is 0 Å². The van der Waals surface area contributed by atoms with Crippen molar-refractivity contribution in [2.24, 2.45) is 0 Å². The van der Waals surface area contributed by atoms with Crippen molar-refractivity contribution in [3.63, 3.8) is 0 Å². The van der Waals surface area contributed by atoms with Crippen LogP contribution in [0.4, 0.5) is 0 Å². The van der Waals surface area contributed by atoms with Crippen LogP contribution in [0, 0.1) is 0 Å². The zero-order chi connectivity index (χ0) is 17.7. The maximum atomic E-state index is 11.5. The lowest BCUT2D eigenvalue weighted by Gasteiger charge is -2.52. The molecule has 0 radical (unpaired) electrons. The van der Waals surface area contributed by atoms with Crippen molar-refractivity contribution in [2.75, 3.05) is 13.2 Å². The van der Waals surface area contributed by atoms with Crippen LogP contribution in [0.3, 0.4) is 0 Å². The molecule has 0 aromatic carbocycles. The first kappa shape index (κ1) is 21.3. The summed E-state index contributed by atoms with van der Waals surface area (Å²) >= 11 is 0. The van der Waals surface area contributed by atoms with E-state index in [2.05, 4.69) is 41.5 Å². The van der Waals surface area contributed by atoms with Crippen LogP contribution in [0.5, 0.6) is 0 Å². The molecule has 0 aromatic rings. The fourth-order valence-electron chi connectivity index (χ4n) is 4.37. The number of ether oxygens (including phenoxy) is 1. The Balaban J connectivity index is 3.08. The molecule has 3 atom stereocenters. The second-order valence-corrected chi connectivity index (χ2v) is 17.4. The minimum Gasteiger partial charge on any atom is -0.409 e. The third-order valence-corrected chi connectivity index (χ3v) is 17.7. The van der Waals surface area contributed by atoms with Gasteiger partial charge in [0.05, 0.1) is 27.4 Å². The Morgan fingerprint density at radius 2 is 1.43 bits per heavy atom. The molecule has 1 aliphatic rings. The van der Waals surface area contributed by atoms with Crippen molar-refractivity contribution in [2.45, 2.75) is 95.2 Å². The zero-order valence-corrected chi connectivity index (χ0v) is 18.0. The van der Waals surface area contributed by atoms with E-state index >= 15 is 0 Å². The molecule has 2 N–H and O–H groups in total. The molecule has 1 fully saturated rings. The predicted octanol–water partition coefficient (Wildman–Crippen LogP) is 3.55.